The molecule has 0 atom stereocenters. The highest BCUT2D eigenvalue weighted by atomic mass is 15.2. The molecule has 15 heavy (non-hydrogen) atoms. The molecule has 1 radical (unpaired) electrons. The van der Waals surface area contributed by atoms with Crippen LogP contribution in [0.1, 0.15) is 59.8 Å². The standard InChI is InChI=1S/C14H28N/c1-7-8-9-12-10-13(2,3)15(6)14(4,5)11-12/h12H,1,7-11H2,2-6H3. The lowest BCUT2D eigenvalue weighted by Gasteiger charge is -2.54. The molecular formula is C14H28N. The molecule has 1 saturated heterocycles. The van der Waals surface area contributed by atoms with Gasteiger partial charge in [-0.05, 0) is 53.5 Å². The summed E-state index contributed by atoms with van der Waals surface area (Å²) in [7, 11) is 2.28. The molecule has 0 saturated carbocycles. The molecule has 0 N–H and O–H groups in total. The molecule has 1 aliphatic heterocycles. The maximum Gasteiger partial charge on any atom is 0.0158 e. The largest absolute Gasteiger partial charge is 0.296 e. The zero-order valence-corrected chi connectivity index (χ0v) is 11.3. The molecule has 0 bridgehead atoms. The molecule has 1 rings (SSSR count). The fraction of sp³-hybridized carbons (Fsp3) is 0.929. The molecular weight excluding hydrogens is 182 g/mol. The van der Waals surface area contributed by atoms with E-state index in [0.29, 0.717) is 11.1 Å². The van der Waals surface area contributed by atoms with Crippen LogP contribution in [0.5, 0.6) is 0 Å². The zero-order valence-electron chi connectivity index (χ0n) is 11.3. The third-order valence-corrected chi connectivity index (χ3v) is 4.25. The summed E-state index contributed by atoms with van der Waals surface area (Å²) in [5.41, 5.74) is 0.709. The van der Waals surface area contributed by atoms with Gasteiger partial charge in [-0.3, -0.25) is 4.90 Å². The van der Waals surface area contributed by atoms with E-state index in [0.717, 1.165) is 12.3 Å². The maximum atomic E-state index is 3.95. The molecule has 0 aliphatic carbocycles. The smallest absolute Gasteiger partial charge is 0.0158 e. The highest BCUT2D eigenvalue weighted by Gasteiger charge is 2.42. The van der Waals surface area contributed by atoms with Crippen LogP contribution in [0.25, 0.3) is 0 Å². The second kappa shape index (κ2) is 4.45. The Morgan fingerprint density at radius 3 is 2.00 bits per heavy atom. The Morgan fingerprint density at radius 2 is 1.60 bits per heavy atom. The van der Waals surface area contributed by atoms with Crippen molar-refractivity contribution in [3.8, 4) is 0 Å². The van der Waals surface area contributed by atoms with Crippen LogP contribution < -0.4 is 0 Å². The summed E-state index contributed by atoms with van der Waals surface area (Å²) in [6.07, 6.45) is 6.43. The van der Waals surface area contributed by atoms with Crippen LogP contribution in [0.15, 0.2) is 0 Å². The zero-order chi connectivity index (χ0) is 11.7. The van der Waals surface area contributed by atoms with Gasteiger partial charge in [0.15, 0.2) is 0 Å². The van der Waals surface area contributed by atoms with E-state index in [2.05, 4.69) is 46.6 Å². The SMILES string of the molecule is [CH2]CCCC1CC(C)(C)N(C)C(C)(C)C1. The van der Waals surface area contributed by atoms with Gasteiger partial charge in [-0.15, -0.1) is 0 Å². The molecule has 1 nitrogen and oxygen atoms in total. The Hall–Kier alpha value is -0.0400. The molecule has 0 amide bonds. The molecule has 0 aromatic heterocycles. The average Bonchev–Trinajstić information content (AvgIpc) is 2.10. The van der Waals surface area contributed by atoms with Gasteiger partial charge >= 0.3 is 0 Å². The lowest BCUT2D eigenvalue weighted by molar-refractivity contribution is -0.0319. The van der Waals surface area contributed by atoms with Gasteiger partial charge in [0.25, 0.3) is 0 Å². The van der Waals surface area contributed by atoms with Crippen molar-refractivity contribution in [3.63, 3.8) is 0 Å². The summed E-state index contributed by atoms with van der Waals surface area (Å²) in [6.45, 7) is 13.5. The highest BCUT2D eigenvalue weighted by molar-refractivity contribution is 4.98. The first kappa shape index (κ1) is 13.0. The summed E-state index contributed by atoms with van der Waals surface area (Å²) in [6, 6.07) is 0. The lowest BCUT2D eigenvalue weighted by atomic mass is 9.72. The third-order valence-electron chi connectivity index (χ3n) is 4.25. The molecule has 1 heteroatoms. The number of hydrogen-bond acceptors (Lipinski definition) is 1. The van der Waals surface area contributed by atoms with Crippen molar-refractivity contribution in [1.29, 1.82) is 0 Å². The topological polar surface area (TPSA) is 3.24 Å². The predicted molar refractivity (Wildman–Crippen MR) is 67.9 cm³/mol. The van der Waals surface area contributed by atoms with Crippen LogP contribution in [0.3, 0.4) is 0 Å². The van der Waals surface area contributed by atoms with E-state index in [9.17, 15) is 0 Å². The van der Waals surface area contributed by atoms with Gasteiger partial charge in [0, 0.05) is 11.1 Å². The van der Waals surface area contributed by atoms with E-state index >= 15 is 0 Å². The minimum Gasteiger partial charge on any atom is -0.296 e. The Labute approximate surface area is 96.2 Å². The average molecular weight is 210 g/mol. The van der Waals surface area contributed by atoms with Crippen molar-refractivity contribution in [1.82, 2.24) is 4.90 Å². The fourth-order valence-corrected chi connectivity index (χ4v) is 3.22. The number of unbranched alkanes of at least 4 members (excludes halogenated alkanes) is 1. The number of rotatable bonds is 3. The van der Waals surface area contributed by atoms with Crippen LogP contribution >= 0.6 is 0 Å². The normalized spacial score (nSPS) is 26.8. The number of piperidine rings is 1. The van der Waals surface area contributed by atoms with Gasteiger partial charge in [-0.2, -0.15) is 0 Å². The molecule has 89 valence electrons. The van der Waals surface area contributed by atoms with E-state index in [1.165, 1.54) is 25.7 Å². The fourth-order valence-electron chi connectivity index (χ4n) is 3.22. The Kier molecular flexibility index (Phi) is 3.86. The van der Waals surface area contributed by atoms with E-state index in [-0.39, 0.29) is 0 Å². The summed E-state index contributed by atoms with van der Waals surface area (Å²) in [5, 5.41) is 0. The van der Waals surface area contributed by atoms with Gasteiger partial charge < -0.3 is 0 Å². The monoisotopic (exact) mass is 210 g/mol. The van der Waals surface area contributed by atoms with Gasteiger partial charge in [-0.1, -0.05) is 26.2 Å². The first-order valence-corrected chi connectivity index (χ1v) is 6.33. The van der Waals surface area contributed by atoms with Crippen LogP contribution in [0.4, 0.5) is 0 Å². The quantitative estimate of drug-likeness (QED) is 0.683. The Bertz CT molecular complexity index is 187. The van der Waals surface area contributed by atoms with Crippen molar-refractivity contribution >= 4 is 0 Å². The molecule has 1 fully saturated rings. The highest BCUT2D eigenvalue weighted by Crippen LogP contribution is 2.41. The van der Waals surface area contributed by atoms with Crippen molar-refractivity contribution < 1.29 is 0 Å². The van der Waals surface area contributed by atoms with Crippen LogP contribution in [0.2, 0.25) is 0 Å². The number of hydrogen-bond donors (Lipinski definition) is 0. The van der Waals surface area contributed by atoms with Crippen LogP contribution in [-0.4, -0.2) is 23.0 Å². The van der Waals surface area contributed by atoms with Gasteiger partial charge in [0.05, 0.1) is 0 Å². The molecule has 0 aromatic carbocycles. The van der Waals surface area contributed by atoms with Gasteiger partial charge in [-0.25, -0.2) is 0 Å². The van der Waals surface area contributed by atoms with E-state index < -0.39 is 0 Å². The van der Waals surface area contributed by atoms with E-state index in [1.54, 1.807) is 0 Å². The van der Waals surface area contributed by atoms with Crippen LogP contribution in [-0.2, 0) is 0 Å². The van der Waals surface area contributed by atoms with Gasteiger partial charge in [0.2, 0.25) is 0 Å². The molecule has 0 unspecified atom stereocenters. The van der Waals surface area contributed by atoms with Crippen molar-refractivity contribution in [3.05, 3.63) is 6.92 Å². The van der Waals surface area contributed by atoms with Crippen molar-refractivity contribution in [2.45, 2.75) is 70.9 Å². The molecule has 1 heterocycles. The summed E-state index contributed by atoms with van der Waals surface area (Å²) < 4.78 is 0. The maximum absolute atomic E-state index is 3.95. The molecule has 0 spiro atoms. The second-order valence-corrected chi connectivity index (χ2v) is 6.45. The lowest BCUT2D eigenvalue weighted by Crippen LogP contribution is -2.58. The summed E-state index contributed by atoms with van der Waals surface area (Å²) in [5.74, 6) is 0.896. The Balaban J connectivity index is 2.66. The van der Waals surface area contributed by atoms with Crippen LogP contribution in [0, 0.1) is 12.8 Å². The van der Waals surface area contributed by atoms with E-state index in [4.69, 9.17) is 0 Å². The first-order chi connectivity index (χ1) is 6.79. The van der Waals surface area contributed by atoms with Crippen molar-refractivity contribution in [2.24, 2.45) is 5.92 Å². The van der Waals surface area contributed by atoms with E-state index in [1.807, 2.05) is 0 Å². The number of likely N-dealkylation sites (tertiary alicyclic amines) is 1. The number of nitrogens with zero attached hydrogens (tertiary/aromatic N) is 1. The first-order valence-electron chi connectivity index (χ1n) is 6.33. The third kappa shape index (κ3) is 2.96. The van der Waals surface area contributed by atoms with Crippen molar-refractivity contribution in [2.75, 3.05) is 7.05 Å². The molecule has 1 aliphatic rings. The summed E-state index contributed by atoms with van der Waals surface area (Å²) in [4.78, 5) is 2.56. The predicted octanol–water partition coefficient (Wildman–Crippen LogP) is 3.89. The minimum absolute atomic E-state index is 0.355. The second-order valence-electron chi connectivity index (χ2n) is 6.45. The van der Waals surface area contributed by atoms with Gasteiger partial charge in [0.1, 0.15) is 0 Å². The molecule has 0 aromatic rings. The summed E-state index contributed by atoms with van der Waals surface area (Å²) >= 11 is 0. The minimum atomic E-state index is 0.355. The Morgan fingerprint density at radius 1 is 1.13 bits per heavy atom.